The monoisotopic (exact) mass is 509 g/mol. The van der Waals surface area contributed by atoms with E-state index in [0.717, 1.165) is 5.56 Å². The van der Waals surface area contributed by atoms with Crippen molar-refractivity contribution in [1.82, 2.24) is 19.5 Å². The van der Waals surface area contributed by atoms with E-state index in [1.54, 1.807) is 7.11 Å². The second-order valence-corrected chi connectivity index (χ2v) is 10.8. The van der Waals surface area contributed by atoms with E-state index in [1.807, 2.05) is 24.3 Å². The van der Waals surface area contributed by atoms with E-state index in [0.29, 0.717) is 29.9 Å². The number of hydrogen-bond acceptors (Lipinski definition) is 12. The third kappa shape index (κ3) is 4.41. The number of aliphatic hydroxyl groups excluding tert-OH is 2. The van der Waals surface area contributed by atoms with Gasteiger partial charge < -0.3 is 39.0 Å². The van der Waals surface area contributed by atoms with Crippen LogP contribution in [-0.4, -0.2) is 68.4 Å². The van der Waals surface area contributed by atoms with Crippen LogP contribution >= 0.6 is 6.72 Å². The molecule has 0 bridgehead atoms. The van der Waals surface area contributed by atoms with Crippen molar-refractivity contribution >= 4 is 35.5 Å². The predicted molar refractivity (Wildman–Crippen MR) is 123 cm³/mol. The lowest BCUT2D eigenvalue weighted by molar-refractivity contribution is -0.0533. The van der Waals surface area contributed by atoms with Crippen molar-refractivity contribution in [3.8, 4) is 5.75 Å². The molecule has 14 heteroatoms. The van der Waals surface area contributed by atoms with Crippen LogP contribution in [0, 0.1) is 0 Å². The van der Waals surface area contributed by atoms with Crippen LogP contribution in [-0.2, 0) is 30.1 Å². The molecule has 4 heterocycles. The SMILES string of the molecule is COc1cccc(C2CCOP(=S)(OC[C@H]3O[C@@H](n4cnc5c(N)ncnc54)[C@@H](O)[C@H]3O)O2)c1. The van der Waals surface area contributed by atoms with Crippen molar-refractivity contribution in [2.24, 2.45) is 0 Å². The minimum atomic E-state index is -3.12. The van der Waals surface area contributed by atoms with Crippen LogP contribution < -0.4 is 10.5 Å². The Morgan fingerprint density at radius 1 is 1.26 bits per heavy atom. The summed E-state index contributed by atoms with van der Waals surface area (Å²) in [4.78, 5) is 12.2. The first kappa shape index (κ1) is 23.5. The van der Waals surface area contributed by atoms with Gasteiger partial charge in [0, 0.05) is 6.42 Å². The standard InChI is InChI=1S/C20H24N5O7PS/c1-28-12-4-2-3-11(7-12)13-5-6-29-33(34,32-13)30-8-14-16(26)17(27)20(31-14)25-10-24-15-18(21)22-9-23-19(15)25/h2-4,7,9-10,13-14,16-17,20,26-27H,5-6,8H2,1H3,(H2,21,22,23)/t13?,14-,16+,17+,20-,33?/m1/s1. The normalized spacial score (nSPS) is 31.7. The van der Waals surface area contributed by atoms with E-state index in [2.05, 4.69) is 15.0 Å². The van der Waals surface area contributed by atoms with Crippen molar-refractivity contribution in [2.45, 2.75) is 37.1 Å². The maximum atomic E-state index is 10.6. The lowest BCUT2D eigenvalue weighted by atomic mass is 10.1. The molecule has 0 amide bonds. The number of hydrogen-bond donors (Lipinski definition) is 3. The number of methoxy groups -OCH3 is 1. The van der Waals surface area contributed by atoms with Gasteiger partial charge in [-0.25, -0.2) is 15.0 Å². The number of aromatic nitrogens is 4. The minimum Gasteiger partial charge on any atom is -0.497 e. The Labute approximate surface area is 199 Å². The van der Waals surface area contributed by atoms with Crippen molar-refractivity contribution in [1.29, 1.82) is 0 Å². The van der Waals surface area contributed by atoms with Gasteiger partial charge in [0.05, 0.1) is 32.8 Å². The first-order valence-electron chi connectivity index (χ1n) is 10.5. The number of nitrogens with two attached hydrogens (primary N) is 1. The Hall–Kier alpha value is -2.22. The molecule has 0 spiro atoms. The molecule has 6 atom stereocenters. The number of anilines is 1. The molecule has 12 nitrogen and oxygen atoms in total. The van der Waals surface area contributed by atoms with Crippen LogP contribution in [0.3, 0.4) is 0 Å². The van der Waals surface area contributed by atoms with Crippen molar-refractivity contribution in [3.63, 3.8) is 0 Å². The quantitative estimate of drug-likeness (QED) is 0.412. The lowest BCUT2D eigenvalue weighted by Crippen LogP contribution is -2.34. The molecule has 34 heavy (non-hydrogen) atoms. The Kier molecular flexibility index (Phi) is 6.53. The zero-order valence-electron chi connectivity index (χ0n) is 18.1. The Morgan fingerprint density at radius 2 is 2.12 bits per heavy atom. The second kappa shape index (κ2) is 9.44. The van der Waals surface area contributed by atoms with Gasteiger partial charge >= 0.3 is 6.72 Å². The fraction of sp³-hybridized carbons (Fsp3) is 0.450. The zero-order valence-corrected chi connectivity index (χ0v) is 19.8. The summed E-state index contributed by atoms with van der Waals surface area (Å²) in [6.07, 6.45) is -1.35. The lowest BCUT2D eigenvalue weighted by Gasteiger charge is -2.32. The number of nitrogen functional groups attached to an aromatic ring is 1. The van der Waals surface area contributed by atoms with Gasteiger partial charge in [-0.2, -0.15) is 0 Å². The van der Waals surface area contributed by atoms with Crippen LogP contribution in [0.2, 0.25) is 0 Å². The summed E-state index contributed by atoms with van der Waals surface area (Å²) in [5.74, 6) is 0.912. The van der Waals surface area contributed by atoms with E-state index >= 15 is 0 Å². The molecule has 1 aromatic carbocycles. The first-order chi connectivity index (χ1) is 16.4. The summed E-state index contributed by atoms with van der Waals surface area (Å²) in [7, 11) is 1.60. The molecule has 0 radical (unpaired) electrons. The molecule has 2 aliphatic rings. The molecular formula is C20H24N5O7PS. The maximum Gasteiger partial charge on any atom is 0.327 e. The van der Waals surface area contributed by atoms with E-state index in [4.69, 9.17) is 40.6 Å². The molecule has 4 N–H and O–H groups in total. The summed E-state index contributed by atoms with van der Waals surface area (Å²) in [6, 6.07) is 7.53. The van der Waals surface area contributed by atoms with Gasteiger partial charge in [-0.1, -0.05) is 12.1 Å². The highest BCUT2D eigenvalue weighted by molar-refractivity contribution is 8.07. The molecule has 5 rings (SSSR count). The van der Waals surface area contributed by atoms with Gasteiger partial charge in [-0.05, 0) is 29.5 Å². The highest BCUT2D eigenvalue weighted by Crippen LogP contribution is 2.57. The number of rotatable bonds is 6. The number of ether oxygens (including phenoxy) is 2. The van der Waals surface area contributed by atoms with Crippen molar-refractivity contribution < 1.29 is 33.3 Å². The highest BCUT2D eigenvalue weighted by Gasteiger charge is 2.45. The van der Waals surface area contributed by atoms with Gasteiger partial charge in [0.15, 0.2) is 17.7 Å². The smallest absolute Gasteiger partial charge is 0.327 e. The van der Waals surface area contributed by atoms with Gasteiger partial charge in [-0.15, -0.1) is 0 Å². The number of nitrogens with zero attached hydrogens (tertiary/aromatic N) is 4. The van der Waals surface area contributed by atoms with E-state index in [-0.39, 0.29) is 18.5 Å². The second-order valence-electron chi connectivity index (χ2n) is 7.86. The summed E-state index contributed by atoms with van der Waals surface area (Å²) < 4.78 is 30.2. The number of aliphatic hydroxyl groups is 2. The Bertz CT molecular complexity index is 1230. The summed E-state index contributed by atoms with van der Waals surface area (Å²) >= 11 is 5.55. The van der Waals surface area contributed by atoms with Gasteiger partial charge in [0.25, 0.3) is 0 Å². The topological polar surface area (TPSA) is 156 Å². The van der Waals surface area contributed by atoms with Crippen LogP contribution in [0.1, 0.15) is 24.3 Å². The predicted octanol–water partition coefficient (Wildman–Crippen LogP) is 1.46. The molecule has 2 unspecified atom stereocenters. The molecule has 2 aromatic heterocycles. The van der Waals surface area contributed by atoms with Gasteiger partial charge in [-0.3, -0.25) is 4.57 Å². The average molecular weight is 509 g/mol. The van der Waals surface area contributed by atoms with Crippen LogP contribution in [0.25, 0.3) is 11.2 Å². The van der Waals surface area contributed by atoms with Crippen molar-refractivity contribution in [3.05, 3.63) is 42.5 Å². The third-order valence-electron chi connectivity index (χ3n) is 5.75. The zero-order chi connectivity index (χ0) is 23.9. The summed E-state index contributed by atoms with van der Waals surface area (Å²) in [5.41, 5.74) is 7.48. The van der Waals surface area contributed by atoms with Crippen LogP contribution in [0.5, 0.6) is 5.75 Å². The van der Waals surface area contributed by atoms with E-state index in [9.17, 15) is 10.2 Å². The number of benzene rings is 1. The largest absolute Gasteiger partial charge is 0.497 e. The molecule has 2 saturated heterocycles. The maximum absolute atomic E-state index is 10.6. The van der Waals surface area contributed by atoms with Gasteiger partial charge in [0.1, 0.15) is 35.9 Å². The molecule has 3 aromatic rings. The summed E-state index contributed by atoms with van der Waals surface area (Å²) in [5, 5.41) is 21.2. The molecule has 182 valence electrons. The first-order valence-corrected chi connectivity index (χ1v) is 13.1. The highest BCUT2D eigenvalue weighted by atomic mass is 32.5. The van der Waals surface area contributed by atoms with Crippen LogP contribution in [0.15, 0.2) is 36.9 Å². The van der Waals surface area contributed by atoms with E-state index in [1.165, 1.54) is 17.2 Å². The van der Waals surface area contributed by atoms with Gasteiger partial charge in [0.2, 0.25) is 0 Å². The number of imidazole rings is 1. The molecule has 2 aliphatic heterocycles. The third-order valence-corrected chi connectivity index (χ3v) is 8.11. The number of fused-ring (bicyclic) bond motifs is 1. The van der Waals surface area contributed by atoms with E-state index < -0.39 is 31.3 Å². The Balaban J connectivity index is 1.27. The van der Waals surface area contributed by atoms with Crippen LogP contribution in [0.4, 0.5) is 5.82 Å². The average Bonchev–Trinajstić information content (AvgIpc) is 3.40. The Morgan fingerprint density at radius 3 is 2.94 bits per heavy atom. The minimum absolute atomic E-state index is 0.138. The summed E-state index contributed by atoms with van der Waals surface area (Å²) in [6.45, 7) is -2.90. The molecular weight excluding hydrogens is 485 g/mol. The molecule has 0 saturated carbocycles. The van der Waals surface area contributed by atoms with Crippen molar-refractivity contribution in [2.75, 3.05) is 26.1 Å². The molecule has 0 aliphatic carbocycles. The fourth-order valence-electron chi connectivity index (χ4n) is 3.97. The fourth-order valence-corrected chi connectivity index (χ4v) is 6.08. The molecule has 2 fully saturated rings.